The van der Waals surface area contributed by atoms with Crippen molar-refractivity contribution in [1.29, 1.82) is 0 Å². The van der Waals surface area contributed by atoms with E-state index in [9.17, 15) is 13.2 Å². The van der Waals surface area contributed by atoms with Crippen molar-refractivity contribution in [2.45, 2.75) is 25.3 Å². The summed E-state index contributed by atoms with van der Waals surface area (Å²) in [6.45, 7) is 0.745. The Balaban J connectivity index is 2.03. The fourth-order valence-corrected chi connectivity index (χ4v) is 4.13. The fourth-order valence-electron chi connectivity index (χ4n) is 2.60. The Morgan fingerprint density at radius 2 is 2.06 bits per heavy atom. The summed E-state index contributed by atoms with van der Waals surface area (Å²) >= 11 is 0. The lowest BCUT2D eigenvalue weighted by Crippen LogP contribution is -2.42. The van der Waals surface area contributed by atoms with Crippen LogP contribution in [0.25, 0.3) is 0 Å². The van der Waals surface area contributed by atoms with Crippen LogP contribution in [0.3, 0.4) is 0 Å². The number of carbonyl (C=O) groups excluding carboxylic acids is 1. The van der Waals surface area contributed by atoms with Gasteiger partial charge >= 0.3 is 5.97 Å². The third-order valence-corrected chi connectivity index (χ3v) is 5.43. The molecule has 1 N–H and O–H groups in total. The van der Waals surface area contributed by atoms with Crippen molar-refractivity contribution >= 4 is 15.8 Å². The van der Waals surface area contributed by atoms with Gasteiger partial charge in [0.25, 0.3) is 0 Å². The van der Waals surface area contributed by atoms with Crippen LogP contribution in [-0.4, -0.2) is 45.6 Å². The molecule has 2 aliphatic heterocycles. The molecule has 0 aromatic rings. The third kappa shape index (κ3) is 3.11. The molecule has 0 spiro atoms. The van der Waals surface area contributed by atoms with Crippen molar-refractivity contribution in [1.82, 2.24) is 5.32 Å². The fraction of sp³-hybridized carbons (Fsp3) is 0.750. The van der Waals surface area contributed by atoms with Crippen LogP contribution < -0.4 is 5.32 Å². The third-order valence-electron chi connectivity index (χ3n) is 3.71. The molecule has 1 atom stereocenters. The number of hydrogen-bond donors (Lipinski definition) is 1. The largest absolute Gasteiger partial charge is 0.466 e. The monoisotopic (exact) mass is 273 g/mol. The summed E-state index contributed by atoms with van der Waals surface area (Å²) in [7, 11) is -1.45. The number of methoxy groups -OCH3 is 1. The van der Waals surface area contributed by atoms with E-state index in [1.165, 1.54) is 7.11 Å². The van der Waals surface area contributed by atoms with Crippen molar-refractivity contribution in [2.24, 2.45) is 5.92 Å². The summed E-state index contributed by atoms with van der Waals surface area (Å²) in [6.07, 6.45) is 3.93. The summed E-state index contributed by atoms with van der Waals surface area (Å²) in [4.78, 5) is 11.5. The molecule has 0 aromatic carbocycles. The van der Waals surface area contributed by atoms with Crippen molar-refractivity contribution in [3.63, 3.8) is 0 Å². The molecule has 0 radical (unpaired) electrons. The van der Waals surface area contributed by atoms with Gasteiger partial charge in [0.2, 0.25) is 0 Å². The average molecular weight is 273 g/mol. The molecule has 102 valence electrons. The smallest absolute Gasteiger partial charge is 0.333 e. The lowest BCUT2D eigenvalue weighted by Gasteiger charge is -2.31. The highest BCUT2D eigenvalue weighted by molar-refractivity contribution is 7.91. The zero-order valence-electron chi connectivity index (χ0n) is 10.5. The summed E-state index contributed by atoms with van der Waals surface area (Å²) in [6, 6.07) is 0.100. The molecular formula is C12H19NO4S. The maximum atomic E-state index is 11.5. The van der Waals surface area contributed by atoms with E-state index in [1.807, 2.05) is 6.08 Å². The van der Waals surface area contributed by atoms with E-state index in [0.717, 1.165) is 6.54 Å². The SMILES string of the molecule is COC(=O)C1=CC(C2CCS(=O)(=O)CC2)NCC1. The molecule has 0 amide bonds. The summed E-state index contributed by atoms with van der Waals surface area (Å²) in [5.41, 5.74) is 0.703. The molecular weight excluding hydrogens is 254 g/mol. The van der Waals surface area contributed by atoms with Crippen LogP contribution in [0.2, 0.25) is 0 Å². The van der Waals surface area contributed by atoms with Crippen LogP contribution >= 0.6 is 0 Å². The van der Waals surface area contributed by atoms with E-state index in [4.69, 9.17) is 4.74 Å². The number of ether oxygens (including phenoxy) is 1. The van der Waals surface area contributed by atoms with Gasteiger partial charge in [-0.05, 0) is 31.7 Å². The maximum Gasteiger partial charge on any atom is 0.333 e. The first kappa shape index (κ1) is 13.5. The van der Waals surface area contributed by atoms with Gasteiger partial charge in [-0.1, -0.05) is 6.08 Å². The molecule has 18 heavy (non-hydrogen) atoms. The van der Waals surface area contributed by atoms with Gasteiger partial charge in [0.05, 0.1) is 18.6 Å². The molecule has 0 aliphatic carbocycles. The molecule has 0 aromatic heterocycles. The van der Waals surface area contributed by atoms with Crippen molar-refractivity contribution < 1.29 is 17.9 Å². The van der Waals surface area contributed by atoms with E-state index >= 15 is 0 Å². The molecule has 2 aliphatic rings. The first-order valence-corrected chi connectivity index (χ1v) is 8.07. The number of carbonyl (C=O) groups is 1. The topological polar surface area (TPSA) is 72.5 Å². The second-order valence-corrected chi connectivity index (χ2v) is 7.21. The number of rotatable bonds is 2. The van der Waals surface area contributed by atoms with E-state index in [1.54, 1.807) is 0 Å². The highest BCUT2D eigenvalue weighted by Gasteiger charge is 2.30. The Kier molecular flexibility index (Phi) is 4.07. The standard InChI is InChI=1S/C12H19NO4S/c1-17-12(14)10-2-5-13-11(8-10)9-3-6-18(15,16)7-4-9/h8-9,11,13H,2-7H2,1H3. The lowest BCUT2D eigenvalue weighted by atomic mass is 9.89. The zero-order valence-corrected chi connectivity index (χ0v) is 11.3. The van der Waals surface area contributed by atoms with Crippen molar-refractivity contribution in [3.05, 3.63) is 11.6 Å². The normalized spacial score (nSPS) is 28.5. The number of nitrogens with one attached hydrogen (secondary N) is 1. The lowest BCUT2D eigenvalue weighted by molar-refractivity contribution is -0.136. The predicted octanol–water partition coefficient (Wildman–Crippen LogP) is 0.272. The Morgan fingerprint density at radius 1 is 1.39 bits per heavy atom. The molecule has 5 nitrogen and oxygen atoms in total. The first-order chi connectivity index (χ1) is 8.52. The van der Waals surface area contributed by atoms with Crippen LogP contribution in [0, 0.1) is 5.92 Å². The quantitative estimate of drug-likeness (QED) is 0.731. The van der Waals surface area contributed by atoms with Gasteiger partial charge in [-0.25, -0.2) is 13.2 Å². The van der Waals surface area contributed by atoms with E-state index in [-0.39, 0.29) is 23.5 Å². The Morgan fingerprint density at radius 3 is 2.67 bits per heavy atom. The van der Waals surface area contributed by atoms with Gasteiger partial charge < -0.3 is 10.1 Å². The Labute approximate surface area is 108 Å². The predicted molar refractivity (Wildman–Crippen MR) is 67.9 cm³/mol. The van der Waals surface area contributed by atoms with E-state index in [2.05, 4.69) is 5.32 Å². The summed E-state index contributed by atoms with van der Waals surface area (Å²) < 4.78 is 27.5. The van der Waals surface area contributed by atoms with E-state index < -0.39 is 9.84 Å². The van der Waals surface area contributed by atoms with Crippen molar-refractivity contribution in [3.8, 4) is 0 Å². The molecule has 1 saturated heterocycles. The Bertz CT molecular complexity index is 441. The van der Waals surface area contributed by atoms with Gasteiger partial charge in [-0.2, -0.15) is 0 Å². The van der Waals surface area contributed by atoms with Gasteiger partial charge in [0.15, 0.2) is 0 Å². The number of sulfone groups is 1. The zero-order chi connectivity index (χ0) is 13.2. The van der Waals surface area contributed by atoms with E-state index in [0.29, 0.717) is 30.8 Å². The van der Waals surface area contributed by atoms with Gasteiger partial charge in [-0.15, -0.1) is 0 Å². The number of hydrogen-bond acceptors (Lipinski definition) is 5. The van der Waals surface area contributed by atoms with Gasteiger partial charge in [-0.3, -0.25) is 0 Å². The molecule has 2 heterocycles. The molecule has 2 rings (SSSR count). The average Bonchev–Trinajstić information content (AvgIpc) is 2.38. The molecule has 0 bridgehead atoms. The highest BCUT2D eigenvalue weighted by Crippen LogP contribution is 2.25. The first-order valence-electron chi connectivity index (χ1n) is 6.24. The van der Waals surface area contributed by atoms with Crippen LogP contribution in [0.4, 0.5) is 0 Å². The molecule has 0 saturated carbocycles. The minimum atomic E-state index is -2.83. The Hall–Kier alpha value is -0.880. The van der Waals surface area contributed by atoms with Crippen molar-refractivity contribution in [2.75, 3.05) is 25.2 Å². The summed E-state index contributed by atoms with van der Waals surface area (Å²) in [5.74, 6) is 0.549. The van der Waals surface area contributed by atoms with Crippen LogP contribution in [-0.2, 0) is 19.4 Å². The van der Waals surface area contributed by atoms with Gasteiger partial charge in [0.1, 0.15) is 9.84 Å². The van der Waals surface area contributed by atoms with Crippen LogP contribution in [0.15, 0.2) is 11.6 Å². The minimum absolute atomic E-state index is 0.100. The maximum absolute atomic E-state index is 11.5. The second-order valence-electron chi connectivity index (χ2n) is 4.90. The molecule has 6 heteroatoms. The van der Waals surface area contributed by atoms with Crippen LogP contribution in [0.1, 0.15) is 19.3 Å². The van der Waals surface area contributed by atoms with Gasteiger partial charge in [0, 0.05) is 11.6 Å². The summed E-state index contributed by atoms with van der Waals surface area (Å²) in [5, 5.41) is 3.35. The van der Waals surface area contributed by atoms with Crippen LogP contribution in [0.5, 0.6) is 0 Å². The minimum Gasteiger partial charge on any atom is -0.466 e. The second kappa shape index (κ2) is 5.40. The molecule has 1 unspecified atom stereocenters. The highest BCUT2D eigenvalue weighted by atomic mass is 32.2. The number of esters is 1. The molecule has 1 fully saturated rings.